The number of cyclic esters (lactones) is 1. The van der Waals surface area contributed by atoms with Crippen molar-refractivity contribution in [1.29, 1.82) is 0 Å². The number of nitrogens with zero attached hydrogens (tertiary/aromatic N) is 1. The van der Waals surface area contributed by atoms with Gasteiger partial charge in [-0.1, -0.05) is 34.1 Å². The average molecular weight is 508 g/mol. The van der Waals surface area contributed by atoms with Crippen LogP contribution in [0.15, 0.2) is 11.0 Å². The minimum Gasteiger partial charge on any atom is -0.458 e. The van der Waals surface area contributed by atoms with E-state index < -0.39 is 35.6 Å². The fourth-order valence-corrected chi connectivity index (χ4v) is 5.64. The molecule has 0 amide bonds. The number of epoxide rings is 1. The van der Waals surface area contributed by atoms with Crippen molar-refractivity contribution < 1.29 is 29.3 Å². The van der Waals surface area contributed by atoms with Crippen molar-refractivity contribution in [2.45, 2.75) is 111 Å². The minimum absolute atomic E-state index is 0.0455. The molecule has 3 heterocycles. The Kier molecular flexibility index (Phi) is 8.62. The van der Waals surface area contributed by atoms with Gasteiger partial charge in [0.05, 0.1) is 46.5 Å². The number of hydrogen-bond acceptors (Lipinski definition) is 8. The Labute approximate surface area is 212 Å². The molecule has 0 bridgehead atoms. The van der Waals surface area contributed by atoms with Gasteiger partial charge < -0.3 is 19.7 Å². The van der Waals surface area contributed by atoms with Gasteiger partial charge in [0.15, 0.2) is 0 Å². The van der Waals surface area contributed by atoms with Crippen molar-refractivity contribution in [1.82, 2.24) is 4.98 Å². The smallest absolute Gasteiger partial charge is 0.309 e. The molecule has 0 aromatic carbocycles. The van der Waals surface area contributed by atoms with E-state index in [0.29, 0.717) is 6.42 Å². The van der Waals surface area contributed by atoms with E-state index in [1.807, 2.05) is 32.2 Å². The SMILES string of the molecule is CC(=Cc1csc(C)n1)C1C[C@@H]2O[C@]2(C)CCC[C@H](C)[C@H](O)[C@@H](C)C(=O)C(C)(C)[C@@H](O)CC(=O)O1. The second-order valence-corrected chi connectivity index (χ2v) is 12.3. The molecule has 0 spiro atoms. The van der Waals surface area contributed by atoms with Crippen LogP contribution >= 0.6 is 11.3 Å². The Morgan fingerprint density at radius 2 is 1.91 bits per heavy atom. The third-order valence-corrected chi connectivity index (χ3v) is 8.72. The highest BCUT2D eigenvalue weighted by Gasteiger charge is 2.53. The predicted octanol–water partition coefficient (Wildman–Crippen LogP) is 4.48. The maximum atomic E-state index is 13.2. The summed E-state index contributed by atoms with van der Waals surface area (Å²) in [7, 11) is 0. The number of esters is 1. The molecule has 2 N–H and O–H groups in total. The zero-order valence-electron chi connectivity index (χ0n) is 22.0. The van der Waals surface area contributed by atoms with Crippen LogP contribution in [0, 0.1) is 24.2 Å². The van der Waals surface area contributed by atoms with E-state index in [0.717, 1.165) is 35.5 Å². The summed E-state index contributed by atoms with van der Waals surface area (Å²) >= 11 is 1.56. The lowest BCUT2D eigenvalue weighted by Crippen LogP contribution is -2.45. The standard InChI is InChI=1S/C27H41NO6S/c1-15-9-8-10-27(7)22(34-27)12-20(16(2)11-19-14-35-18(4)28-19)33-23(30)13-21(29)26(5,6)25(32)17(3)24(15)31/h11,14-15,17,20-22,24,29,31H,8-10,12-13H2,1-7H3/t15-,17+,20?,21-,22-,24-,27+/m0/s1. The van der Waals surface area contributed by atoms with Crippen LogP contribution in [0.5, 0.6) is 0 Å². The van der Waals surface area contributed by atoms with Crippen LogP contribution in [0.1, 0.15) is 84.3 Å². The molecule has 2 aliphatic heterocycles. The van der Waals surface area contributed by atoms with E-state index in [1.165, 1.54) is 0 Å². The fourth-order valence-electron chi connectivity index (χ4n) is 5.07. The van der Waals surface area contributed by atoms with Crippen molar-refractivity contribution >= 4 is 29.2 Å². The number of Topliss-reactive ketones (excluding diaryl/α,β-unsaturated/α-hetero) is 1. The molecule has 2 aliphatic rings. The molecule has 2 fully saturated rings. The highest BCUT2D eigenvalue weighted by atomic mass is 32.1. The van der Waals surface area contributed by atoms with Gasteiger partial charge in [-0.05, 0) is 51.2 Å². The number of aryl methyl sites for hydroxylation is 1. The molecule has 1 aromatic rings. The van der Waals surface area contributed by atoms with E-state index in [4.69, 9.17) is 9.47 Å². The highest BCUT2D eigenvalue weighted by Crippen LogP contribution is 2.45. The first-order valence-corrected chi connectivity index (χ1v) is 13.5. The summed E-state index contributed by atoms with van der Waals surface area (Å²) in [6.45, 7) is 12.8. The van der Waals surface area contributed by atoms with Gasteiger partial charge in [-0.15, -0.1) is 11.3 Å². The van der Waals surface area contributed by atoms with Crippen molar-refractivity contribution in [2.24, 2.45) is 17.3 Å². The lowest BCUT2D eigenvalue weighted by molar-refractivity contribution is -0.154. The monoisotopic (exact) mass is 507 g/mol. The van der Waals surface area contributed by atoms with E-state index in [-0.39, 0.29) is 29.8 Å². The van der Waals surface area contributed by atoms with Crippen LogP contribution in [0.3, 0.4) is 0 Å². The van der Waals surface area contributed by atoms with Gasteiger partial charge in [-0.2, -0.15) is 0 Å². The zero-order chi connectivity index (χ0) is 26.1. The average Bonchev–Trinajstić information content (AvgIpc) is 3.22. The molecule has 0 saturated carbocycles. The summed E-state index contributed by atoms with van der Waals surface area (Å²) in [5, 5.41) is 24.6. The molecule has 8 heteroatoms. The quantitative estimate of drug-likeness (QED) is 0.449. The topological polar surface area (TPSA) is 109 Å². The number of rotatable bonds is 2. The third-order valence-electron chi connectivity index (χ3n) is 7.93. The minimum atomic E-state index is -1.23. The first-order chi connectivity index (χ1) is 16.2. The molecule has 7 nitrogen and oxygen atoms in total. The summed E-state index contributed by atoms with van der Waals surface area (Å²) in [6, 6.07) is 0. The molecular weight excluding hydrogens is 466 g/mol. The number of fused-ring (bicyclic) bond motifs is 1. The van der Waals surface area contributed by atoms with E-state index in [9.17, 15) is 19.8 Å². The number of carbonyl (C=O) groups excluding carboxylic acids is 2. The van der Waals surface area contributed by atoms with Crippen molar-refractivity contribution in [2.75, 3.05) is 0 Å². The Balaban J connectivity index is 1.85. The first-order valence-electron chi connectivity index (χ1n) is 12.6. The maximum Gasteiger partial charge on any atom is 0.309 e. The van der Waals surface area contributed by atoms with Crippen molar-refractivity contribution in [3.05, 3.63) is 21.7 Å². The third kappa shape index (κ3) is 6.59. The summed E-state index contributed by atoms with van der Waals surface area (Å²) in [6.07, 6.45) is 1.98. The molecule has 0 aliphatic carbocycles. The fraction of sp³-hybridized carbons (Fsp3) is 0.741. The van der Waals surface area contributed by atoms with Crippen LogP contribution in [-0.4, -0.2) is 57.0 Å². The number of hydrogen-bond donors (Lipinski definition) is 2. The number of thiazole rings is 1. The molecule has 0 radical (unpaired) electrons. The summed E-state index contributed by atoms with van der Waals surface area (Å²) in [5.41, 5.74) is 0.179. The second-order valence-electron chi connectivity index (χ2n) is 11.3. The highest BCUT2D eigenvalue weighted by molar-refractivity contribution is 7.09. The maximum absolute atomic E-state index is 13.2. The lowest BCUT2D eigenvalue weighted by Gasteiger charge is -2.34. The zero-order valence-corrected chi connectivity index (χ0v) is 22.9. The van der Waals surface area contributed by atoms with Gasteiger partial charge in [0.1, 0.15) is 11.9 Å². The number of aromatic nitrogens is 1. The van der Waals surface area contributed by atoms with Gasteiger partial charge in [0.25, 0.3) is 0 Å². The molecule has 3 rings (SSSR count). The number of ether oxygens (including phenoxy) is 2. The van der Waals surface area contributed by atoms with E-state index >= 15 is 0 Å². The largest absolute Gasteiger partial charge is 0.458 e. The van der Waals surface area contributed by atoms with Crippen LogP contribution in [-0.2, 0) is 19.1 Å². The number of aliphatic hydroxyl groups excluding tert-OH is 2. The molecular formula is C27H41NO6S. The molecule has 1 unspecified atom stereocenters. The van der Waals surface area contributed by atoms with Crippen LogP contribution < -0.4 is 0 Å². The molecule has 7 atom stereocenters. The number of carbonyl (C=O) groups is 2. The van der Waals surface area contributed by atoms with Gasteiger partial charge in [0, 0.05) is 17.7 Å². The predicted molar refractivity (Wildman–Crippen MR) is 136 cm³/mol. The van der Waals surface area contributed by atoms with Crippen molar-refractivity contribution in [3.8, 4) is 0 Å². The van der Waals surface area contributed by atoms with Gasteiger partial charge in [0.2, 0.25) is 0 Å². The van der Waals surface area contributed by atoms with Crippen molar-refractivity contribution in [3.63, 3.8) is 0 Å². The van der Waals surface area contributed by atoms with Crippen LogP contribution in [0.25, 0.3) is 6.08 Å². The Morgan fingerprint density at radius 1 is 1.23 bits per heavy atom. The lowest BCUT2D eigenvalue weighted by atomic mass is 9.73. The molecule has 196 valence electrons. The second kappa shape index (κ2) is 10.8. The normalized spacial score (nSPS) is 37.5. The first kappa shape index (κ1) is 28.0. The van der Waals surface area contributed by atoms with Gasteiger partial charge in [-0.25, -0.2) is 4.98 Å². The Bertz CT molecular complexity index is 955. The van der Waals surface area contributed by atoms with Gasteiger partial charge >= 0.3 is 5.97 Å². The number of aliphatic hydroxyl groups is 2. The van der Waals surface area contributed by atoms with E-state index in [1.54, 1.807) is 32.1 Å². The Hall–Kier alpha value is -1.61. The molecule has 1 aromatic heterocycles. The van der Waals surface area contributed by atoms with E-state index in [2.05, 4.69) is 11.9 Å². The molecule has 2 saturated heterocycles. The summed E-state index contributed by atoms with van der Waals surface area (Å²) in [4.78, 5) is 30.6. The summed E-state index contributed by atoms with van der Waals surface area (Å²) < 4.78 is 11.9. The number of ketones is 1. The van der Waals surface area contributed by atoms with Gasteiger partial charge in [-0.3, -0.25) is 9.59 Å². The Morgan fingerprint density at radius 3 is 2.54 bits per heavy atom. The van der Waals surface area contributed by atoms with Crippen LogP contribution in [0.4, 0.5) is 0 Å². The summed E-state index contributed by atoms with van der Waals surface area (Å²) in [5.74, 6) is -1.55. The molecule has 35 heavy (non-hydrogen) atoms. The van der Waals surface area contributed by atoms with Crippen LogP contribution in [0.2, 0.25) is 0 Å².